The van der Waals surface area contributed by atoms with E-state index in [-0.39, 0.29) is 24.1 Å². The topological polar surface area (TPSA) is 71.8 Å². The molecule has 0 saturated carbocycles. The van der Waals surface area contributed by atoms with Gasteiger partial charge in [-0.3, -0.25) is 9.59 Å². The summed E-state index contributed by atoms with van der Waals surface area (Å²) in [5.74, 6) is -0.296. The summed E-state index contributed by atoms with van der Waals surface area (Å²) in [5.41, 5.74) is 1.88. The van der Waals surface area contributed by atoms with Crippen LogP contribution in [0, 0.1) is 5.82 Å². The first kappa shape index (κ1) is 18.2. The van der Waals surface area contributed by atoms with Gasteiger partial charge in [0.25, 0.3) is 11.8 Å². The molecule has 2 amide bonds. The number of anilines is 2. The molecule has 0 bridgehead atoms. The Morgan fingerprint density at radius 3 is 2.64 bits per heavy atom. The number of carbonyl (C=O) groups is 2. The number of benzene rings is 2. The van der Waals surface area contributed by atoms with Gasteiger partial charge in [-0.2, -0.15) is 0 Å². The van der Waals surface area contributed by atoms with Crippen molar-refractivity contribution in [2.45, 2.75) is 6.54 Å². The van der Waals surface area contributed by atoms with E-state index in [9.17, 15) is 14.0 Å². The number of fused-ring (bicyclic) bond motifs is 1. The number of carbonyl (C=O) groups excluding carboxylic acids is 2. The summed E-state index contributed by atoms with van der Waals surface area (Å²) >= 11 is 3.15. The summed E-state index contributed by atoms with van der Waals surface area (Å²) in [4.78, 5) is 26.1. The quantitative estimate of drug-likeness (QED) is 0.648. The van der Waals surface area contributed by atoms with E-state index in [2.05, 4.69) is 21.2 Å². The van der Waals surface area contributed by atoms with Crippen molar-refractivity contribution in [1.82, 2.24) is 0 Å². The van der Waals surface area contributed by atoms with Crippen molar-refractivity contribution in [2.24, 2.45) is 0 Å². The summed E-state index contributed by atoms with van der Waals surface area (Å²) in [6.45, 7) is 0.179. The van der Waals surface area contributed by atoms with Crippen LogP contribution >= 0.6 is 15.9 Å². The molecule has 28 heavy (non-hydrogen) atoms. The minimum Gasteiger partial charge on any atom is -0.481 e. The lowest BCUT2D eigenvalue weighted by Crippen LogP contribution is -2.38. The Morgan fingerprint density at radius 1 is 1.14 bits per heavy atom. The molecule has 142 valence electrons. The van der Waals surface area contributed by atoms with E-state index in [4.69, 9.17) is 9.15 Å². The molecule has 1 aliphatic heterocycles. The Kier molecular flexibility index (Phi) is 4.87. The van der Waals surface area contributed by atoms with Gasteiger partial charge in [-0.25, -0.2) is 4.39 Å². The van der Waals surface area contributed by atoms with Gasteiger partial charge in [0, 0.05) is 11.8 Å². The molecular weight excluding hydrogens is 431 g/mol. The largest absolute Gasteiger partial charge is 0.481 e. The molecule has 0 aliphatic carbocycles. The minimum atomic E-state index is -0.402. The molecule has 0 spiro atoms. The van der Waals surface area contributed by atoms with Crippen LogP contribution in [0.1, 0.15) is 16.1 Å². The molecular formula is C20H14BrFN2O4. The van der Waals surface area contributed by atoms with Crippen molar-refractivity contribution in [1.29, 1.82) is 0 Å². The second kappa shape index (κ2) is 7.47. The normalized spacial score (nSPS) is 13.1. The standard InChI is InChI=1S/C20H14BrFN2O4/c21-18-8-7-16(28-18)20(26)23-14-5-6-15-17(9-14)27-11-19(25)24(15)10-12-1-3-13(22)4-2-12/h1-9H,10-11H2,(H,23,26). The number of halogens is 2. The van der Waals surface area contributed by atoms with E-state index >= 15 is 0 Å². The fraction of sp³-hybridized carbons (Fsp3) is 0.100. The Balaban J connectivity index is 1.55. The molecule has 1 N–H and O–H groups in total. The maximum atomic E-state index is 13.1. The SMILES string of the molecule is O=C(Nc1ccc2c(c1)OCC(=O)N2Cc1ccc(F)cc1)c1ccc(Br)o1. The van der Waals surface area contributed by atoms with E-state index in [0.29, 0.717) is 28.3 Å². The highest BCUT2D eigenvalue weighted by Crippen LogP contribution is 2.35. The van der Waals surface area contributed by atoms with Crippen molar-refractivity contribution in [3.8, 4) is 5.75 Å². The third-order valence-corrected chi connectivity index (χ3v) is 4.64. The van der Waals surface area contributed by atoms with E-state index in [1.54, 1.807) is 47.4 Å². The summed E-state index contributed by atoms with van der Waals surface area (Å²) in [5, 5.41) is 2.73. The van der Waals surface area contributed by atoms with Gasteiger partial charge >= 0.3 is 0 Å². The van der Waals surface area contributed by atoms with Crippen molar-refractivity contribution >= 4 is 39.1 Å². The molecule has 8 heteroatoms. The summed E-state index contributed by atoms with van der Waals surface area (Å²) in [6.07, 6.45) is 0. The third kappa shape index (κ3) is 3.77. The van der Waals surface area contributed by atoms with Gasteiger partial charge in [0.1, 0.15) is 11.6 Å². The van der Waals surface area contributed by atoms with E-state index in [1.165, 1.54) is 12.1 Å². The van der Waals surface area contributed by atoms with Gasteiger partial charge in [0.05, 0.1) is 12.2 Å². The van der Waals surface area contributed by atoms with Crippen LogP contribution in [0.2, 0.25) is 0 Å². The average Bonchev–Trinajstić information content (AvgIpc) is 3.12. The van der Waals surface area contributed by atoms with Crippen LogP contribution < -0.4 is 15.0 Å². The zero-order chi connectivity index (χ0) is 19.7. The first-order valence-electron chi connectivity index (χ1n) is 8.38. The maximum absolute atomic E-state index is 13.1. The zero-order valence-electron chi connectivity index (χ0n) is 14.4. The molecule has 4 rings (SSSR count). The number of ether oxygens (including phenoxy) is 1. The summed E-state index contributed by atoms with van der Waals surface area (Å²) in [6, 6.07) is 14.2. The Labute approximate surface area is 168 Å². The molecule has 1 aliphatic rings. The Hall–Kier alpha value is -3.13. The van der Waals surface area contributed by atoms with Gasteiger partial charge in [-0.1, -0.05) is 12.1 Å². The minimum absolute atomic E-state index is 0.114. The second-order valence-corrected chi connectivity index (χ2v) is 6.92. The molecule has 0 fully saturated rings. The van der Waals surface area contributed by atoms with Crippen LogP contribution in [-0.2, 0) is 11.3 Å². The first-order chi connectivity index (χ1) is 13.5. The van der Waals surface area contributed by atoms with Gasteiger partial charge in [0.15, 0.2) is 17.0 Å². The van der Waals surface area contributed by atoms with E-state index < -0.39 is 5.91 Å². The van der Waals surface area contributed by atoms with Gasteiger partial charge in [-0.05, 0) is 57.9 Å². The van der Waals surface area contributed by atoms with Crippen molar-refractivity contribution in [2.75, 3.05) is 16.8 Å². The van der Waals surface area contributed by atoms with Crippen LogP contribution in [0.5, 0.6) is 5.75 Å². The molecule has 0 unspecified atom stereocenters. The smallest absolute Gasteiger partial charge is 0.291 e. The third-order valence-electron chi connectivity index (χ3n) is 4.21. The Bertz CT molecular complexity index is 1050. The van der Waals surface area contributed by atoms with Crippen LogP contribution in [0.3, 0.4) is 0 Å². The second-order valence-electron chi connectivity index (χ2n) is 6.14. The molecule has 1 aromatic heterocycles. The number of hydrogen-bond donors (Lipinski definition) is 1. The number of nitrogens with one attached hydrogen (secondary N) is 1. The highest BCUT2D eigenvalue weighted by Gasteiger charge is 2.26. The van der Waals surface area contributed by atoms with Gasteiger partial charge < -0.3 is 19.4 Å². The molecule has 0 saturated heterocycles. The predicted molar refractivity (Wildman–Crippen MR) is 104 cm³/mol. The monoisotopic (exact) mass is 444 g/mol. The molecule has 6 nitrogen and oxygen atoms in total. The highest BCUT2D eigenvalue weighted by atomic mass is 79.9. The molecule has 3 aromatic rings. The number of hydrogen-bond acceptors (Lipinski definition) is 4. The fourth-order valence-electron chi connectivity index (χ4n) is 2.86. The van der Waals surface area contributed by atoms with Crippen molar-refractivity contribution in [3.63, 3.8) is 0 Å². The maximum Gasteiger partial charge on any atom is 0.291 e. The fourth-order valence-corrected chi connectivity index (χ4v) is 3.16. The average molecular weight is 445 g/mol. The number of nitrogens with zero attached hydrogens (tertiary/aromatic N) is 1. The summed E-state index contributed by atoms with van der Waals surface area (Å²) < 4.78 is 24.3. The van der Waals surface area contributed by atoms with Crippen LogP contribution in [0.25, 0.3) is 0 Å². The first-order valence-corrected chi connectivity index (χ1v) is 9.17. The Morgan fingerprint density at radius 2 is 1.93 bits per heavy atom. The van der Waals surface area contributed by atoms with Crippen LogP contribution in [0.15, 0.2) is 63.7 Å². The predicted octanol–water partition coefficient (Wildman–Crippen LogP) is 4.36. The molecule has 2 heterocycles. The number of rotatable bonds is 4. The summed E-state index contributed by atoms with van der Waals surface area (Å²) in [7, 11) is 0. The van der Waals surface area contributed by atoms with E-state index in [0.717, 1.165) is 5.56 Å². The highest BCUT2D eigenvalue weighted by molar-refractivity contribution is 9.10. The van der Waals surface area contributed by atoms with Crippen molar-refractivity contribution in [3.05, 3.63) is 76.4 Å². The molecule has 2 aromatic carbocycles. The molecule has 0 atom stereocenters. The van der Waals surface area contributed by atoms with Crippen LogP contribution in [-0.4, -0.2) is 18.4 Å². The number of amides is 2. The van der Waals surface area contributed by atoms with Crippen LogP contribution in [0.4, 0.5) is 15.8 Å². The number of furan rings is 1. The lowest BCUT2D eigenvalue weighted by molar-refractivity contribution is -0.121. The van der Waals surface area contributed by atoms with Crippen molar-refractivity contribution < 1.29 is 23.1 Å². The lowest BCUT2D eigenvalue weighted by Gasteiger charge is -2.29. The lowest BCUT2D eigenvalue weighted by atomic mass is 10.1. The van der Waals surface area contributed by atoms with E-state index in [1.807, 2.05) is 0 Å². The zero-order valence-corrected chi connectivity index (χ0v) is 16.0. The van der Waals surface area contributed by atoms with Gasteiger partial charge in [-0.15, -0.1) is 0 Å². The molecule has 0 radical (unpaired) electrons. The van der Waals surface area contributed by atoms with Gasteiger partial charge in [0.2, 0.25) is 0 Å².